The van der Waals surface area contributed by atoms with Crippen molar-refractivity contribution in [1.82, 2.24) is 5.32 Å². The Labute approximate surface area is 139 Å². The summed E-state index contributed by atoms with van der Waals surface area (Å²) in [5.41, 5.74) is 0.765. The van der Waals surface area contributed by atoms with Gasteiger partial charge in [0, 0.05) is 24.7 Å². The van der Waals surface area contributed by atoms with E-state index in [2.05, 4.69) is 17.6 Å². The van der Waals surface area contributed by atoms with E-state index in [9.17, 15) is 9.90 Å². The van der Waals surface area contributed by atoms with Crippen LogP contribution in [0.3, 0.4) is 0 Å². The monoisotopic (exact) mass is 322 g/mol. The van der Waals surface area contributed by atoms with E-state index < -0.39 is 6.10 Å². The Kier molecular flexibility index (Phi) is 9.33. The van der Waals surface area contributed by atoms with Gasteiger partial charge in [0.05, 0.1) is 0 Å². The SMILES string of the molecule is CCCCCC(=O)Nc1ccc(OC[C@H](O)CNC(C)C)cc1. The van der Waals surface area contributed by atoms with Gasteiger partial charge in [0.15, 0.2) is 0 Å². The number of hydrogen-bond donors (Lipinski definition) is 3. The third-order valence-corrected chi connectivity index (χ3v) is 3.35. The summed E-state index contributed by atoms with van der Waals surface area (Å²) in [5, 5.41) is 15.8. The van der Waals surface area contributed by atoms with Crippen molar-refractivity contribution in [2.45, 2.75) is 58.6 Å². The van der Waals surface area contributed by atoms with Gasteiger partial charge in [0.2, 0.25) is 5.91 Å². The first-order valence-corrected chi connectivity index (χ1v) is 8.45. The van der Waals surface area contributed by atoms with Crippen molar-refractivity contribution in [2.75, 3.05) is 18.5 Å². The number of amides is 1. The quantitative estimate of drug-likeness (QED) is 0.548. The zero-order valence-corrected chi connectivity index (χ0v) is 14.5. The van der Waals surface area contributed by atoms with Gasteiger partial charge in [-0.3, -0.25) is 4.79 Å². The maximum atomic E-state index is 11.7. The second-order valence-corrected chi connectivity index (χ2v) is 6.06. The van der Waals surface area contributed by atoms with Crippen LogP contribution in [0.5, 0.6) is 5.75 Å². The summed E-state index contributed by atoms with van der Waals surface area (Å²) in [6.45, 7) is 6.92. The Morgan fingerprint density at radius 1 is 1.22 bits per heavy atom. The van der Waals surface area contributed by atoms with Gasteiger partial charge in [-0.2, -0.15) is 0 Å². The molecule has 3 N–H and O–H groups in total. The molecule has 0 unspecified atom stereocenters. The van der Waals surface area contributed by atoms with Gasteiger partial charge in [0.1, 0.15) is 18.5 Å². The number of ether oxygens (including phenoxy) is 1. The third kappa shape index (κ3) is 9.21. The van der Waals surface area contributed by atoms with Gasteiger partial charge in [0.25, 0.3) is 0 Å². The molecule has 1 atom stereocenters. The molecular formula is C18H30N2O3. The lowest BCUT2D eigenvalue weighted by Gasteiger charge is -2.15. The second kappa shape index (κ2) is 11.0. The summed E-state index contributed by atoms with van der Waals surface area (Å²) < 4.78 is 5.54. The first-order chi connectivity index (χ1) is 11.0. The minimum Gasteiger partial charge on any atom is -0.491 e. The summed E-state index contributed by atoms with van der Waals surface area (Å²) in [7, 11) is 0. The van der Waals surface area contributed by atoms with Gasteiger partial charge >= 0.3 is 0 Å². The van der Waals surface area contributed by atoms with Crippen LogP contribution < -0.4 is 15.4 Å². The molecule has 0 saturated heterocycles. The third-order valence-electron chi connectivity index (χ3n) is 3.35. The van der Waals surface area contributed by atoms with Crippen molar-refractivity contribution in [1.29, 1.82) is 0 Å². The smallest absolute Gasteiger partial charge is 0.224 e. The lowest BCUT2D eigenvalue weighted by Crippen LogP contribution is -2.35. The fraction of sp³-hybridized carbons (Fsp3) is 0.611. The van der Waals surface area contributed by atoms with Gasteiger partial charge in [-0.15, -0.1) is 0 Å². The number of carbonyl (C=O) groups excluding carboxylic acids is 1. The van der Waals surface area contributed by atoms with E-state index in [4.69, 9.17) is 4.74 Å². The van der Waals surface area contributed by atoms with Crippen molar-refractivity contribution in [2.24, 2.45) is 0 Å². The lowest BCUT2D eigenvalue weighted by molar-refractivity contribution is -0.116. The molecule has 1 aromatic rings. The molecule has 1 rings (SSSR count). The zero-order valence-electron chi connectivity index (χ0n) is 14.5. The number of benzene rings is 1. The van der Waals surface area contributed by atoms with E-state index in [0.717, 1.165) is 24.9 Å². The molecule has 23 heavy (non-hydrogen) atoms. The molecule has 0 bridgehead atoms. The Bertz CT molecular complexity index is 446. The Hall–Kier alpha value is -1.59. The molecular weight excluding hydrogens is 292 g/mol. The molecule has 0 aliphatic rings. The summed E-state index contributed by atoms with van der Waals surface area (Å²) >= 11 is 0. The van der Waals surface area contributed by atoms with E-state index in [-0.39, 0.29) is 12.5 Å². The first-order valence-electron chi connectivity index (χ1n) is 8.45. The summed E-state index contributed by atoms with van der Waals surface area (Å²) in [4.78, 5) is 11.7. The molecule has 0 aliphatic carbocycles. The van der Waals surface area contributed by atoms with Crippen LogP contribution in [0, 0.1) is 0 Å². The lowest BCUT2D eigenvalue weighted by atomic mass is 10.2. The summed E-state index contributed by atoms with van der Waals surface area (Å²) in [5.74, 6) is 0.722. The fourth-order valence-corrected chi connectivity index (χ4v) is 2.02. The van der Waals surface area contributed by atoms with Crippen molar-refractivity contribution >= 4 is 11.6 Å². The topological polar surface area (TPSA) is 70.6 Å². The van der Waals surface area contributed by atoms with Crippen LogP contribution in [0.1, 0.15) is 46.5 Å². The Balaban J connectivity index is 2.31. The highest BCUT2D eigenvalue weighted by molar-refractivity contribution is 5.90. The maximum Gasteiger partial charge on any atom is 0.224 e. The number of nitrogens with one attached hydrogen (secondary N) is 2. The standard InChI is InChI=1S/C18H30N2O3/c1-4-5-6-7-18(22)20-15-8-10-17(11-9-15)23-13-16(21)12-19-14(2)3/h8-11,14,16,19,21H,4-7,12-13H2,1-3H3,(H,20,22)/t16-/m1/s1. The summed E-state index contributed by atoms with van der Waals surface area (Å²) in [6, 6.07) is 7.55. The Morgan fingerprint density at radius 2 is 1.91 bits per heavy atom. The zero-order chi connectivity index (χ0) is 17.1. The van der Waals surface area contributed by atoms with Gasteiger partial charge in [-0.1, -0.05) is 33.6 Å². The average molecular weight is 322 g/mol. The number of hydrogen-bond acceptors (Lipinski definition) is 4. The Morgan fingerprint density at radius 3 is 2.52 bits per heavy atom. The van der Waals surface area contributed by atoms with E-state index in [1.165, 1.54) is 0 Å². The van der Waals surface area contributed by atoms with Crippen molar-refractivity contribution in [3.05, 3.63) is 24.3 Å². The molecule has 0 fully saturated rings. The number of rotatable bonds is 11. The molecule has 0 aliphatic heterocycles. The number of aliphatic hydroxyl groups excluding tert-OH is 1. The van der Waals surface area contributed by atoms with Crippen molar-refractivity contribution < 1.29 is 14.6 Å². The fourth-order valence-electron chi connectivity index (χ4n) is 2.02. The van der Waals surface area contributed by atoms with Crippen molar-refractivity contribution in [3.8, 4) is 5.75 Å². The van der Waals surface area contributed by atoms with Crippen LogP contribution in [0.4, 0.5) is 5.69 Å². The molecule has 130 valence electrons. The van der Waals surface area contributed by atoms with Crippen LogP contribution >= 0.6 is 0 Å². The average Bonchev–Trinajstić information content (AvgIpc) is 2.52. The van der Waals surface area contributed by atoms with Gasteiger partial charge in [-0.25, -0.2) is 0 Å². The normalized spacial score (nSPS) is 12.2. The van der Waals surface area contributed by atoms with Crippen LogP contribution in [0.15, 0.2) is 24.3 Å². The second-order valence-electron chi connectivity index (χ2n) is 6.06. The molecule has 0 radical (unpaired) electrons. The van der Waals surface area contributed by atoms with E-state index in [1.54, 1.807) is 12.1 Å². The minimum atomic E-state index is -0.546. The number of anilines is 1. The predicted molar refractivity (Wildman–Crippen MR) is 93.9 cm³/mol. The van der Waals surface area contributed by atoms with E-state index in [0.29, 0.717) is 24.8 Å². The van der Waals surface area contributed by atoms with Crippen LogP contribution in [0.2, 0.25) is 0 Å². The molecule has 1 aromatic carbocycles. The van der Waals surface area contributed by atoms with E-state index in [1.807, 2.05) is 26.0 Å². The van der Waals surface area contributed by atoms with Crippen LogP contribution in [-0.2, 0) is 4.79 Å². The number of unbranched alkanes of at least 4 members (excludes halogenated alkanes) is 2. The molecule has 0 saturated carbocycles. The van der Waals surface area contributed by atoms with Crippen molar-refractivity contribution in [3.63, 3.8) is 0 Å². The molecule has 1 amide bonds. The highest BCUT2D eigenvalue weighted by Crippen LogP contribution is 2.16. The molecule has 5 heteroatoms. The van der Waals surface area contributed by atoms with Gasteiger partial charge in [-0.05, 0) is 30.7 Å². The first kappa shape index (κ1) is 19.5. The highest BCUT2D eigenvalue weighted by Gasteiger charge is 2.06. The molecule has 0 aromatic heterocycles. The number of carbonyl (C=O) groups is 1. The largest absolute Gasteiger partial charge is 0.491 e. The summed E-state index contributed by atoms with van der Waals surface area (Å²) in [6.07, 6.45) is 3.12. The highest BCUT2D eigenvalue weighted by atomic mass is 16.5. The van der Waals surface area contributed by atoms with Crippen LogP contribution in [-0.4, -0.2) is 36.3 Å². The van der Waals surface area contributed by atoms with Gasteiger partial charge < -0.3 is 20.5 Å². The molecule has 0 spiro atoms. The molecule has 0 heterocycles. The van der Waals surface area contributed by atoms with Crippen LogP contribution in [0.25, 0.3) is 0 Å². The minimum absolute atomic E-state index is 0.0438. The predicted octanol–water partition coefficient (Wildman–Crippen LogP) is 2.94. The number of aliphatic hydroxyl groups is 1. The maximum absolute atomic E-state index is 11.7. The molecule has 5 nitrogen and oxygen atoms in total. The van der Waals surface area contributed by atoms with E-state index >= 15 is 0 Å².